The molecule has 2 rings (SSSR count). The Bertz CT molecular complexity index is 1860. The van der Waals surface area contributed by atoms with Gasteiger partial charge in [-0.25, -0.2) is 9.13 Å². The third-order valence-electron chi connectivity index (χ3n) is 17.1. The van der Waals surface area contributed by atoms with Gasteiger partial charge in [0.05, 0.1) is 39.0 Å². The molecule has 2 aliphatic heterocycles. The zero-order chi connectivity index (χ0) is 66.6. The van der Waals surface area contributed by atoms with E-state index in [2.05, 4.69) is 45.2 Å². The van der Waals surface area contributed by atoms with E-state index in [1.54, 1.807) is 7.11 Å². The lowest BCUT2D eigenvalue weighted by atomic mass is 9.95. The molecule has 1 amide bonds. The van der Waals surface area contributed by atoms with Crippen LogP contribution in [-0.2, 0) is 70.4 Å². The average molecular weight is 1340 g/mol. The monoisotopic (exact) mass is 1340 g/mol. The number of Topliss-reactive ketones (excluding diaryl/α,β-unsaturated/α-hetero) is 1. The number of ketones is 1. The highest BCUT2D eigenvalue weighted by Gasteiger charge is 2.53. The lowest BCUT2D eigenvalue weighted by Crippen LogP contribution is -2.66. The summed E-state index contributed by atoms with van der Waals surface area (Å²) >= 11 is 0. The van der Waals surface area contributed by atoms with E-state index in [0.29, 0.717) is 25.7 Å². The first-order valence-electron chi connectivity index (χ1n) is 36.0. The number of nitrogens with one attached hydrogen (secondary N) is 1. The van der Waals surface area contributed by atoms with Gasteiger partial charge in [-0.15, -0.1) is 0 Å². The number of carbonyl (C=O) groups is 2. The van der Waals surface area contributed by atoms with Crippen molar-refractivity contribution in [1.29, 1.82) is 0 Å². The summed E-state index contributed by atoms with van der Waals surface area (Å²) in [4.78, 5) is 66.9. The molecule has 0 spiro atoms. The molecule has 0 radical (unpaired) electrons. The molecule has 538 valence electrons. The van der Waals surface area contributed by atoms with Crippen LogP contribution in [0.3, 0.4) is 0 Å². The van der Waals surface area contributed by atoms with Crippen molar-refractivity contribution in [2.45, 2.75) is 352 Å². The highest BCUT2D eigenvalue weighted by molar-refractivity contribution is 7.46. The van der Waals surface area contributed by atoms with Gasteiger partial charge in [0.2, 0.25) is 5.91 Å². The molecule has 2 saturated heterocycles. The van der Waals surface area contributed by atoms with Gasteiger partial charge in [-0.05, 0) is 57.8 Å². The molecule has 0 bridgehead atoms. The summed E-state index contributed by atoms with van der Waals surface area (Å²) in [5.41, 5.74) is 0. The van der Waals surface area contributed by atoms with E-state index in [1.165, 1.54) is 90.6 Å². The van der Waals surface area contributed by atoms with Crippen LogP contribution in [0.5, 0.6) is 0 Å². The second-order valence-electron chi connectivity index (χ2n) is 25.3. The molecule has 2 heterocycles. The van der Waals surface area contributed by atoms with Gasteiger partial charge in [0.25, 0.3) is 0 Å². The number of phosphoric ester groups is 2. The summed E-state index contributed by atoms with van der Waals surface area (Å²) in [6.07, 6.45) is 32.8. The van der Waals surface area contributed by atoms with Crippen molar-refractivity contribution < 1.29 is 95.1 Å². The van der Waals surface area contributed by atoms with Crippen LogP contribution in [0.25, 0.3) is 0 Å². The fourth-order valence-corrected chi connectivity index (χ4v) is 12.8. The molecule has 2 fully saturated rings. The summed E-state index contributed by atoms with van der Waals surface area (Å²) in [5, 5.41) is 15.3. The van der Waals surface area contributed by atoms with Gasteiger partial charge in [0.1, 0.15) is 54.6 Å². The first-order chi connectivity index (χ1) is 44.0. The number of unbranched alkanes of at least 4 members (excludes halogenated alkanes) is 31. The fraction of sp³-hybridized carbons (Fsp3) is 0.941. The Morgan fingerprint density at radius 2 is 0.945 bits per heavy atom. The number of aliphatic hydroxyl groups is 1. The van der Waals surface area contributed by atoms with E-state index < -0.39 is 109 Å². The van der Waals surface area contributed by atoms with Crippen LogP contribution in [0.15, 0.2) is 12.2 Å². The predicted octanol–water partition coefficient (Wildman–Crippen LogP) is 14.5. The molecule has 0 aliphatic carbocycles. The molecular formula is C68H131NO20P2. The Morgan fingerprint density at radius 3 is 1.46 bits per heavy atom. The largest absolute Gasteiger partial charge is 0.470 e. The summed E-state index contributed by atoms with van der Waals surface area (Å²) in [6, 6.07) is -1.22. The number of ether oxygens (including phenoxy) is 9. The standard InChI is InChI=1S/C68H131NO20P2/c1-7-11-15-19-22-25-26-27-28-29-30-31-33-36-40-44-49-82-66-65(83-50-47-57(80-6)46-42-37-18-14-10-4)63(89-91(76,77)78)59(54-79-5)88-68(66)85-55-58-62(72)64(81-48-43-39-35-24-21-17-13-9-3)61(67(87-58)84-51-52-86-90(73,74)75)69-60(71)53-56(70)45-41-38-34-32-23-20-16-12-8-2/h25-26,57-59,61-68,72H,7-24,27-55H2,1-6H3,(H,69,71)(H2,73,74,75)(H2,76,77,78)/b26-25-/t57-,58-,59-,61-,62-,63-,64-,65+,66-,67+,68-/m1/s1. The second-order valence-corrected chi connectivity index (χ2v) is 27.7. The number of hydrogen-bond acceptors (Lipinski definition) is 16. The van der Waals surface area contributed by atoms with E-state index in [-0.39, 0.29) is 44.7 Å². The van der Waals surface area contributed by atoms with Crippen molar-refractivity contribution in [2.75, 3.05) is 60.5 Å². The molecule has 0 aromatic rings. The first-order valence-corrected chi connectivity index (χ1v) is 39.1. The highest BCUT2D eigenvalue weighted by atomic mass is 31.2. The molecule has 6 N–H and O–H groups in total. The van der Waals surface area contributed by atoms with E-state index >= 15 is 0 Å². The van der Waals surface area contributed by atoms with Crippen molar-refractivity contribution >= 4 is 27.3 Å². The Kier molecular flexibility index (Phi) is 52.5. The number of carbonyl (C=O) groups excluding carboxylic acids is 2. The van der Waals surface area contributed by atoms with Gasteiger partial charge in [-0.2, -0.15) is 0 Å². The molecule has 0 aromatic heterocycles. The number of allylic oxidation sites excluding steroid dienone is 2. The van der Waals surface area contributed by atoms with Crippen LogP contribution >= 0.6 is 15.6 Å². The Labute approximate surface area is 550 Å². The van der Waals surface area contributed by atoms with Crippen LogP contribution in [0.4, 0.5) is 0 Å². The van der Waals surface area contributed by atoms with Gasteiger partial charge < -0.3 is 72.6 Å². The minimum Gasteiger partial charge on any atom is -0.388 e. The molecule has 0 unspecified atom stereocenters. The maximum Gasteiger partial charge on any atom is 0.470 e. The Morgan fingerprint density at radius 1 is 0.473 bits per heavy atom. The molecule has 11 atom stereocenters. The third kappa shape index (κ3) is 43.6. The number of methoxy groups -OCH3 is 2. The van der Waals surface area contributed by atoms with Crippen LogP contribution in [-0.4, -0.2) is 164 Å². The zero-order valence-electron chi connectivity index (χ0n) is 57.5. The fourth-order valence-electron chi connectivity index (χ4n) is 11.9. The van der Waals surface area contributed by atoms with E-state index in [4.69, 9.17) is 51.7 Å². The van der Waals surface area contributed by atoms with Crippen molar-refractivity contribution in [3.05, 3.63) is 12.2 Å². The first kappa shape index (κ1) is 85.8. The quantitative estimate of drug-likeness (QED) is 0.0143. The summed E-state index contributed by atoms with van der Waals surface area (Å²) in [5.74, 6) is -0.884. The molecule has 2 aliphatic rings. The molecule has 21 nitrogen and oxygen atoms in total. The van der Waals surface area contributed by atoms with Crippen LogP contribution in [0.1, 0.15) is 285 Å². The maximum absolute atomic E-state index is 13.9. The minimum atomic E-state index is -5.19. The Hall–Kier alpha value is -1.30. The predicted molar refractivity (Wildman–Crippen MR) is 355 cm³/mol. The zero-order valence-corrected chi connectivity index (χ0v) is 59.3. The molecular weight excluding hydrogens is 1210 g/mol. The van der Waals surface area contributed by atoms with Crippen molar-refractivity contribution in [2.24, 2.45) is 0 Å². The number of hydrogen-bond donors (Lipinski definition) is 6. The van der Waals surface area contributed by atoms with Gasteiger partial charge in [0, 0.05) is 40.5 Å². The average Bonchev–Trinajstić information content (AvgIpc) is 2.97. The number of phosphoric acid groups is 2. The highest BCUT2D eigenvalue weighted by Crippen LogP contribution is 2.43. The Balaban J connectivity index is 2.46. The lowest BCUT2D eigenvalue weighted by molar-refractivity contribution is -0.331. The topological polar surface area (TPSA) is 283 Å². The number of amides is 1. The van der Waals surface area contributed by atoms with E-state index in [0.717, 1.165) is 135 Å². The number of aliphatic hydroxyl groups excluding tert-OH is 1. The molecule has 0 saturated carbocycles. The molecule has 91 heavy (non-hydrogen) atoms. The molecule has 23 heteroatoms. The van der Waals surface area contributed by atoms with Gasteiger partial charge in [-0.1, -0.05) is 226 Å². The summed E-state index contributed by atoms with van der Waals surface area (Å²) < 4.78 is 91.6. The number of rotatable bonds is 63. The lowest BCUT2D eigenvalue weighted by Gasteiger charge is -2.47. The van der Waals surface area contributed by atoms with Crippen molar-refractivity contribution in [3.8, 4) is 0 Å². The third-order valence-corrected chi connectivity index (χ3v) is 18.2. The second kappa shape index (κ2) is 55.7. The molecule has 0 aromatic carbocycles. The van der Waals surface area contributed by atoms with Crippen molar-refractivity contribution in [1.82, 2.24) is 5.32 Å². The van der Waals surface area contributed by atoms with Gasteiger partial charge >= 0.3 is 15.6 Å². The van der Waals surface area contributed by atoms with Crippen LogP contribution in [0.2, 0.25) is 0 Å². The van der Waals surface area contributed by atoms with E-state index in [9.17, 15) is 43.4 Å². The normalized spacial score (nSPS) is 22.7. The smallest absolute Gasteiger partial charge is 0.388 e. The summed E-state index contributed by atoms with van der Waals surface area (Å²) in [7, 11) is -7.03. The van der Waals surface area contributed by atoms with Crippen LogP contribution < -0.4 is 5.32 Å². The summed E-state index contributed by atoms with van der Waals surface area (Å²) in [6.45, 7) is 7.67. The maximum atomic E-state index is 13.9. The van der Waals surface area contributed by atoms with Gasteiger partial charge in [0.15, 0.2) is 12.6 Å². The van der Waals surface area contributed by atoms with Gasteiger partial charge in [-0.3, -0.25) is 18.6 Å². The van der Waals surface area contributed by atoms with Crippen LogP contribution in [0, 0.1) is 0 Å². The SMILES string of the molecule is CCCCCC/C=C\CCCCCCCCCCO[C@H]1[C@H](OC[C@H]2O[C@H](OCCOP(=O)(O)O)[C@H](NC(=O)CC(=O)CCCCCCCCCCC)[C@@H](OCCCCCCCCCC)[C@@H]2O)O[C@H](COC)[C@@H](OP(=O)(O)O)[C@@H]1OCC[C@@H](CCCCCCC)OC. The van der Waals surface area contributed by atoms with Crippen molar-refractivity contribution in [3.63, 3.8) is 0 Å². The van der Waals surface area contributed by atoms with E-state index in [1.807, 2.05) is 0 Å². The minimum absolute atomic E-state index is 0.103.